The Kier molecular flexibility index (Phi) is 8.13. The van der Waals surface area contributed by atoms with Gasteiger partial charge in [-0.2, -0.15) is 9.78 Å². The zero-order valence-electron chi connectivity index (χ0n) is 23.1. The lowest BCUT2D eigenvalue weighted by atomic mass is 10.1. The van der Waals surface area contributed by atoms with Gasteiger partial charge in [0.15, 0.2) is 17.3 Å². The number of hydrogen-bond donors (Lipinski definition) is 0. The Balaban J connectivity index is 1.42. The van der Waals surface area contributed by atoms with Crippen molar-refractivity contribution in [1.82, 2.24) is 9.66 Å². The maximum absolute atomic E-state index is 13.7. The van der Waals surface area contributed by atoms with Crippen LogP contribution in [0.2, 0.25) is 5.02 Å². The average Bonchev–Trinajstić information content (AvgIpc) is 3.44. The van der Waals surface area contributed by atoms with Crippen LogP contribution in [0.5, 0.6) is 11.5 Å². The number of halogens is 2. The number of fused-ring (bicyclic) bond motifs is 2. The lowest BCUT2D eigenvalue weighted by Gasteiger charge is -2.16. The van der Waals surface area contributed by atoms with Crippen molar-refractivity contribution in [3.63, 3.8) is 0 Å². The summed E-state index contributed by atoms with van der Waals surface area (Å²) < 4.78 is 20.2. The molecule has 4 aromatic carbocycles. The van der Waals surface area contributed by atoms with Gasteiger partial charge in [-0.25, -0.2) is 4.98 Å². The number of hydrogen-bond acceptors (Lipinski definition) is 6. The molecule has 0 atom stereocenters. The Morgan fingerprint density at radius 1 is 1.07 bits per heavy atom. The topological polar surface area (TPSA) is 78.9 Å². The van der Waals surface area contributed by atoms with E-state index in [-0.39, 0.29) is 11.4 Å². The minimum Gasteiger partial charge on any atom is -0.493 e. The van der Waals surface area contributed by atoms with Gasteiger partial charge >= 0.3 is 0 Å². The molecular weight excluding hydrogens is 630 g/mol. The molecule has 0 fully saturated rings. The van der Waals surface area contributed by atoms with E-state index in [1.165, 1.54) is 4.68 Å². The number of nitrogens with zero attached hydrogens (tertiary/aromatic N) is 3. The second-order valence-corrected chi connectivity index (χ2v) is 11.1. The molecule has 0 spiro atoms. The fourth-order valence-corrected chi connectivity index (χ4v) is 5.26. The highest BCUT2D eigenvalue weighted by molar-refractivity contribution is 9.10. The van der Waals surface area contributed by atoms with Crippen molar-refractivity contribution >= 4 is 55.6 Å². The van der Waals surface area contributed by atoms with E-state index in [0.29, 0.717) is 57.4 Å². The zero-order chi connectivity index (χ0) is 29.9. The quantitative estimate of drug-likeness (QED) is 0.116. The average molecular weight is 655 g/mol. The molecule has 7 nitrogen and oxygen atoms in total. The highest BCUT2D eigenvalue weighted by Gasteiger charge is 2.17. The lowest BCUT2D eigenvalue weighted by molar-refractivity contribution is 0.282. The predicted molar refractivity (Wildman–Crippen MR) is 175 cm³/mol. The summed E-state index contributed by atoms with van der Waals surface area (Å²) in [4.78, 5) is 18.5. The van der Waals surface area contributed by atoms with Gasteiger partial charge in [0.2, 0.25) is 5.82 Å². The smallest absolute Gasteiger partial charge is 0.282 e. The summed E-state index contributed by atoms with van der Waals surface area (Å²) in [5.74, 6) is 1.84. The number of aromatic nitrogens is 2. The molecule has 6 aromatic rings. The van der Waals surface area contributed by atoms with Crippen molar-refractivity contribution in [1.29, 1.82) is 0 Å². The summed E-state index contributed by atoms with van der Waals surface area (Å²) in [6, 6.07) is 25.9. The minimum atomic E-state index is -0.320. The molecule has 0 saturated heterocycles. The molecule has 2 heterocycles. The van der Waals surface area contributed by atoms with Crippen molar-refractivity contribution < 1.29 is 13.9 Å². The van der Waals surface area contributed by atoms with Gasteiger partial charge in [0.25, 0.3) is 5.56 Å². The Morgan fingerprint density at radius 3 is 2.67 bits per heavy atom. The van der Waals surface area contributed by atoms with Crippen LogP contribution in [0.25, 0.3) is 33.5 Å². The van der Waals surface area contributed by atoms with Gasteiger partial charge in [-0.15, -0.1) is 6.58 Å². The second kappa shape index (κ2) is 12.3. The van der Waals surface area contributed by atoms with Crippen LogP contribution in [-0.2, 0) is 13.0 Å². The Labute approximate surface area is 260 Å². The van der Waals surface area contributed by atoms with E-state index in [4.69, 9.17) is 30.5 Å². The fourth-order valence-electron chi connectivity index (χ4n) is 4.76. The molecule has 0 unspecified atom stereocenters. The summed E-state index contributed by atoms with van der Waals surface area (Å²) >= 11 is 9.52. The third kappa shape index (κ3) is 5.98. The van der Waals surface area contributed by atoms with Gasteiger partial charge in [0.05, 0.1) is 24.2 Å². The van der Waals surface area contributed by atoms with Crippen LogP contribution in [0.3, 0.4) is 0 Å². The first-order chi connectivity index (χ1) is 20.9. The van der Waals surface area contributed by atoms with Crippen molar-refractivity contribution in [3.8, 4) is 23.1 Å². The number of benzene rings is 4. The summed E-state index contributed by atoms with van der Waals surface area (Å²) in [5, 5.41) is 6.59. The second-order valence-electron chi connectivity index (χ2n) is 9.73. The highest BCUT2D eigenvalue weighted by Crippen LogP contribution is 2.34. The molecule has 0 aliphatic rings. The number of furan rings is 1. The van der Waals surface area contributed by atoms with Gasteiger partial charge in [-0.3, -0.25) is 4.79 Å². The van der Waals surface area contributed by atoms with Crippen molar-refractivity contribution in [2.24, 2.45) is 5.10 Å². The maximum atomic E-state index is 13.7. The number of rotatable bonds is 9. The normalized spacial score (nSPS) is 11.4. The van der Waals surface area contributed by atoms with Crippen LogP contribution in [-0.4, -0.2) is 23.0 Å². The summed E-state index contributed by atoms with van der Waals surface area (Å²) in [5.41, 5.74) is 3.43. The highest BCUT2D eigenvalue weighted by atomic mass is 79.9. The third-order valence-electron chi connectivity index (χ3n) is 6.81. The van der Waals surface area contributed by atoms with Crippen LogP contribution in [0.1, 0.15) is 16.7 Å². The first-order valence-electron chi connectivity index (χ1n) is 13.4. The molecule has 0 saturated carbocycles. The Hall–Kier alpha value is -4.66. The van der Waals surface area contributed by atoms with E-state index in [9.17, 15) is 4.79 Å². The van der Waals surface area contributed by atoms with Gasteiger partial charge in [-0.1, -0.05) is 57.9 Å². The van der Waals surface area contributed by atoms with Crippen LogP contribution in [0.15, 0.2) is 116 Å². The van der Waals surface area contributed by atoms with Crippen LogP contribution < -0.4 is 15.0 Å². The summed E-state index contributed by atoms with van der Waals surface area (Å²) in [7, 11) is 1.58. The molecule has 0 radical (unpaired) electrons. The first-order valence-corrected chi connectivity index (χ1v) is 14.6. The van der Waals surface area contributed by atoms with Gasteiger partial charge in [-0.05, 0) is 78.2 Å². The van der Waals surface area contributed by atoms with Crippen LogP contribution in [0.4, 0.5) is 0 Å². The molecule has 6 rings (SSSR count). The maximum Gasteiger partial charge on any atom is 0.282 e. The monoisotopic (exact) mass is 653 g/mol. The minimum absolute atomic E-state index is 0.286. The van der Waals surface area contributed by atoms with Crippen LogP contribution >= 0.6 is 27.5 Å². The molecule has 2 aromatic heterocycles. The third-order valence-corrected chi connectivity index (χ3v) is 7.55. The molecule has 43 heavy (non-hydrogen) atoms. The van der Waals surface area contributed by atoms with Crippen molar-refractivity contribution in [3.05, 3.63) is 134 Å². The van der Waals surface area contributed by atoms with E-state index in [0.717, 1.165) is 21.0 Å². The number of ether oxygens (including phenoxy) is 2. The van der Waals surface area contributed by atoms with Gasteiger partial charge in [0.1, 0.15) is 12.2 Å². The number of para-hydroxylation sites is 1. The molecule has 0 amide bonds. The van der Waals surface area contributed by atoms with E-state index in [2.05, 4.69) is 27.6 Å². The summed E-state index contributed by atoms with van der Waals surface area (Å²) in [6.07, 6.45) is 3.92. The summed E-state index contributed by atoms with van der Waals surface area (Å²) in [6.45, 7) is 4.24. The largest absolute Gasteiger partial charge is 0.493 e. The van der Waals surface area contributed by atoms with Crippen LogP contribution in [0, 0.1) is 0 Å². The fraction of sp³-hybridized carbons (Fsp3) is 0.0882. The number of allylic oxidation sites excluding steroid dienone is 1. The van der Waals surface area contributed by atoms with E-state index >= 15 is 0 Å². The van der Waals surface area contributed by atoms with E-state index in [1.54, 1.807) is 37.6 Å². The Morgan fingerprint density at radius 2 is 1.88 bits per heavy atom. The van der Waals surface area contributed by atoms with Gasteiger partial charge in [0, 0.05) is 20.4 Å². The molecule has 0 bridgehead atoms. The van der Waals surface area contributed by atoms with Crippen molar-refractivity contribution in [2.75, 3.05) is 7.11 Å². The molecule has 9 heteroatoms. The number of methoxy groups -OCH3 is 1. The molecule has 214 valence electrons. The standard InChI is InChI=1S/C34H25BrClN3O4/c1-3-6-23-15-22(16-30(41-2)32(23)42-20-21-9-12-26(36)13-10-21)19-37-39-33(38-28-8-5-4-7-27(28)34(39)40)31-18-24-17-25(35)11-14-29(24)43-31/h3-5,7-19H,1,6,20H2,2H3. The van der Waals surface area contributed by atoms with E-state index in [1.807, 2.05) is 66.7 Å². The molecule has 0 aliphatic heterocycles. The van der Waals surface area contributed by atoms with Crippen molar-refractivity contribution in [2.45, 2.75) is 13.0 Å². The zero-order valence-corrected chi connectivity index (χ0v) is 25.4. The molecular formula is C34H25BrClN3O4. The predicted octanol–water partition coefficient (Wildman–Crippen LogP) is 8.42. The molecule has 0 N–H and O–H groups in total. The SMILES string of the molecule is C=CCc1cc(C=Nn2c(-c3cc4cc(Br)ccc4o3)nc3ccccc3c2=O)cc(OC)c1OCc1ccc(Cl)cc1. The first kappa shape index (κ1) is 28.5. The van der Waals surface area contributed by atoms with Gasteiger partial charge < -0.3 is 13.9 Å². The Bertz CT molecular complexity index is 2070. The molecule has 0 aliphatic carbocycles. The lowest BCUT2D eigenvalue weighted by Crippen LogP contribution is -2.20. The van der Waals surface area contributed by atoms with E-state index < -0.39 is 0 Å².